The monoisotopic (exact) mass is 235 g/mol. The highest BCUT2D eigenvalue weighted by Crippen LogP contribution is 2.27. The molecule has 4 nitrogen and oxygen atoms in total. The molecule has 1 saturated heterocycles. The zero-order valence-corrected chi connectivity index (χ0v) is 10.3. The number of pyridine rings is 1. The van der Waals surface area contributed by atoms with Crippen molar-refractivity contribution in [1.82, 2.24) is 9.88 Å². The summed E-state index contributed by atoms with van der Waals surface area (Å²) in [4.78, 5) is 6.40. The van der Waals surface area contributed by atoms with Crippen LogP contribution in [0.15, 0.2) is 24.5 Å². The predicted octanol–water partition coefficient (Wildman–Crippen LogP) is 0.928. The molecular formula is C13H21N3O. The normalized spacial score (nSPS) is 27.9. The molecule has 0 bridgehead atoms. The van der Waals surface area contributed by atoms with Crippen LogP contribution in [0.4, 0.5) is 0 Å². The van der Waals surface area contributed by atoms with Crippen LogP contribution in [0.1, 0.15) is 31.4 Å². The summed E-state index contributed by atoms with van der Waals surface area (Å²) in [6, 6.07) is 4.14. The molecule has 1 aromatic rings. The molecule has 2 rings (SSSR count). The maximum absolute atomic E-state index is 10.1. The summed E-state index contributed by atoms with van der Waals surface area (Å²) in [6.45, 7) is 4.13. The maximum Gasteiger partial charge on any atom is 0.0746 e. The third kappa shape index (κ3) is 3.03. The number of rotatable bonds is 3. The van der Waals surface area contributed by atoms with Gasteiger partial charge in [-0.05, 0) is 37.9 Å². The zero-order chi connectivity index (χ0) is 12.3. The molecule has 0 saturated carbocycles. The van der Waals surface area contributed by atoms with Crippen LogP contribution < -0.4 is 5.73 Å². The number of nitrogens with zero attached hydrogens (tertiary/aromatic N) is 2. The summed E-state index contributed by atoms with van der Waals surface area (Å²) in [5.41, 5.74) is 6.42. The minimum Gasteiger partial charge on any atom is -0.389 e. The van der Waals surface area contributed by atoms with Crippen molar-refractivity contribution >= 4 is 0 Å². The quantitative estimate of drug-likeness (QED) is 0.818. The molecule has 4 heteroatoms. The number of aliphatic hydroxyl groups is 1. The number of piperidine rings is 1. The first-order valence-electron chi connectivity index (χ1n) is 6.19. The summed E-state index contributed by atoms with van der Waals surface area (Å²) < 4.78 is 0. The Morgan fingerprint density at radius 3 is 3.06 bits per heavy atom. The number of nitrogens with two attached hydrogens (primary N) is 1. The van der Waals surface area contributed by atoms with Gasteiger partial charge in [-0.1, -0.05) is 6.07 Å². The maximum atomic E-state index is 10.1. The molecule has 0 aromatic carbocycles. The van der Waals surface area contributed by atoms with Crippen LogP contribution in [0.3, 0.4) is 0 Å². The molecule has 1 aliphatic rings. The van der Waals surface area contributed by atoms with Crippen LogP contribution in [0, 0.1) is 0 Å². The largest absolute Gasteiger partial charge is 0.389 e. The highest BCUT2D eigenvalue weighted by Gasteiger charge is 2.32. The molecule has 2 atom stereocenters. The number of hydrogen-bond donors (Lipinski definition) is 2. The first-order chi connectivity index (χ1) is 8.12. The van der Waals surface area contributed by atoms with Gasteiger partial charge in [-0.2, -0.15) is 0 Å². The molecular weight excluding hydrogens is 214 g/mol. The van der Waals surface area contributed by atoms with Crippen molar-refractivity contribution in [3.05, 3.63) is 30.1 Å². The number of aromatic nitrogens is 1. The van der Waals surface area contributed by atoms with Crippen molar-refractivity contribution in [2.75, 3.05) is 19.6 Å². The van der Waals surface area contributed by atoms with E-state index in [9.17, 15) is 5.11 Å². The van der Waals surface area contributed by atoms with Gasteiger partial charge in [-0.25, -0.2) is 0 Å². The van der Waals surface area contributed by atoms with Gasteiger partial charge < -0.3 is 10.8 Å². The lowest BCUT2D eigenvalue weighted by molar-refractivity contribution is -0.0293. The Morgan fingerprint density at radius 1 is 1.65 bits per heavy atom. The Kier molecular flexibility index (Phi) is 3.76. The van der Waals surface area contributed by atoms with Gasteiger partial charge in [0.1, 0.15) is 0 Å². The summed E-state index contributed by atoms with van der Waals surface area (Å²) in [5.74, 6) is 0. The molecule has 2 unspecified atom stereocenters. The fourth-order valence-electron chi connectivity index (χ4n) is 2.59. The number of likely N-dealkylation sites (tertiary alicyclic amines) is 1. The summed E-state index contributed by atoms with van der Waals surface area (Å²) in [6.07, 6.45) is 5.52. The fourth-order valence-corrected chi connectivity index (χ4v) is 2.59. The Labute approximate surface area is 102 Å². The van der Waals surface area contributed by atoms with E-state index < -0.39 is 5.60 Å². The van der Waals surface area contributed by atoms with E-state index >= 15 is 0 Å². The lowest BCUT2D eigenvalue weighted by atomic mass is 9.93. The fraction of sp³-hybridized carbons (Fsp3) is 0.615. The van der Waals surface area contributed by atoms with E-state index in [0.717, 1.165) is 24.9 Å². The SMILES string of the molecule is CC1(O)CCCN(C(CN)c2cccnc2)C1. The van der Waals surface area contributed by atoms with Crippen LogP contribution >= 0.6 is 0 Å². The van der Waals surface area contributed by atoms with Crippen molar-refractivity contribution in [2.45, 2.75) is 31.4 Å². The van der Waals surface area contributed by atoms with Gasteiger partial charge in [0.05, 0.1) is 5.60 Å². The summed E-state index contributed by atoms with van der Waals surface area (Å²) >= 11 is 0. The lowest BCUT2D eigenvalue weighted by Gasteiger charge is -2.41. The van der Waals surface area contributed by atoms with Crippen LogP contribution in [0.2, 0.25) is 0 Å². The Morgan fingerprint density at radius 2 is 2.47 bits per heavy atom. The Hall–Kier alpha value is -0.970. The average Bonchev–Trinajstić information content (AvgIpc) is 2.30. The molecule has 1 aromatic heterocycles. The van der Waals surface area contributed by atoms with Crippen LogP contribution in [-0.2, 0) is 0 Å². The second-order valence-electron chi connectivity index (χ2n) is 5.11. The summed E-state index contributed by atoms with van der Waals surface area (Å²) in [7, 11) is 0. The van der Waals surface area contributed by atoms with E-state index in [-0.39, 0.29) is 6.04 Å². The predicted molar refractivity (Wildman–Crippen MR) is 67.5 cm³/mol. The summed E-state index contributed by atoms with van der Waals surface area (Å²) in [5, 5.41) is 10.1. The third-order valence-electron chi connectivity index (χ3n) is 3.44. The smallest absolute Gasteiger partial charge is 0.0746 e. The third-order valence-corrected chi connectivity index (χ3v) is 3.44. The van der Waals surface area contributed by atoms with Crippen molar-refractivity contribution < 1.29 is 5.11 Å². The van der Waals surface area contributed by atoms with E-state index in [1.54, 1.807) is 6.20 Å². The van der Waals surface area contributed by atoms with E-state index in [2.05, 4.69) is 9.88 Å². The molecule has 1 aliphatic heterocycles. The van der Waals surface area contributed by atoms with Crippen molar-refractivity contribution in [3.63, 3.8) is 0 Å². The topological polar surface area (TPSA) is 62.4 Å². The molecule has 2 heterocycles. The molecule has 0 radical (unpaired) electrons. The molecule has 94 valence electrons. The molecule has 1 fully saturated rings. The minimum absolute atomic E-state index is 0.162. The van der Waals surface area contributed by atoms with Gasteiger partial charge in [0.25, 0.3) is 0 Å². The first-order valence-corrected chi connectivity index (χ1v) is 6.19. The van der Waals surface area contributed by atoms with Crippen molar-refractivity contribution in [1.29, 1.82) is 0 Å². The molecule has 0 amide bonds. The zero-order valence-electron chi connectivity index (χ0n) is 10.3. The van der Waals surface area contributed by atoms with E-state index in [4.69, 9.17) is 5.73 Å². The highest BCUT2D eigenvalue weighted by molar-refractivity contribution is 5.15. The van der Waals surface area contributed by atoms with Crippen LogP contribution in [0.25, 0.3) is 0 Å². The molecule has 17 heavy (non-hydrogen) atoms. The van der Waals surface area contributed by atoms with E-state index in [1.807, 2.05) is 25.3 Å². The van der Waals surface area contributed by atoms with Crippen molar-refractivity contribution in [3.8, 4) is 0 Å². The number of hydrogen-bond acceptors (Lipinski definition) is 4. The van der Waals surface area contributed by atoms with Gasteiger partial charge in [-0.15, -0.1) is 0 Å². The van der Waals surface area contributed by atoms with Gasteiger partial charge in [0.15, 0.2) is 0 Å². The Bertz CT molecular complexity index is 353. The van der Waals surface area contributed by atoms with Crippen molar-refractivity contribution in [2.24, 2.45) is 5.73 Å². The standard InChI is InChI=1S/C13H21N3O/c1-13(17)5-3-7-16(10-13)12(8-14)11-4-2-6-15-9-11/h2,4,6,9,12,17H,3,5,7-8,10,14H2,1H3. The van der Waals surface area contributed by atoms with Gasteiger partial charge in [0, 0.05) is 31.5 Å². The van der Waals surface area contributed by atoms with Crippen LogP contribution in [0.5, 0.6) is 0 Å². The van der Waals surface area contributed by atoms with E-state index in [0.29, 0.717) is 13.1 Å². The van der Waals surface area contributed by atoms with Gasteiger partial charge in [-0.3, -0.25) is 9.88 Å². The molecule has 0 aliphatic carbocycles. The lowest BCUT2D eigenvalue weighted by Crippen LogP contribution is -2.48. The van der Waals surface area contributed by atoms with Gasteiger partial charge >= 0.3 is 0 Å². The van der Waals surface area contributed by atoms with E-state index in [1.165, 1.54) is 0 Å². The second-order valence-corrected chi connectivity index (χ2v) is 5.11. The van der Waals surface area contributed by atoms with Gasteiger partial charge in [0.2, 0.25) is 0 Å². The highest BCUT2D eigenvalue weighted by atomic mass is 16.3. The second kappa shape index (κ2) is 5.12. The molecule has 0 spiro atoms. The average molecular weight is 235 g/mol. The number of β-amino-alcohol motifs (C(OH)–C–C–N with tert-alkyl or cyclic N) is 1. The first kappa shape index (κ1) is 12.5. The Balaban J connectivity index is 2.13. The van der Waals surface area contributed by atoms with Crippen LogP contribution in [-0.4, -0.2) is 40.2 Å². The minimum atomic E-state index is -0.589. The molecule has 3 N–H and O–H groups in total.